The predicted molar refractivity (Wildman–Crippen MR) is 109 cm³/mol. The molecule has 2 heterocycles. The first kappa shape index (κ1) is 19.7. The van der Waals surface area contributed by atoms with Crippen molar-refractivity contribution in [3.8, 4) is 16.6 Å². The summed E-state index contributed by atoms with van der Waals surface area (Å²) in [4.78, 5) is 28.3. The second-order valence-electron chi connectivity index (χ2n) is 5.86. The van der Waals surface area contributed by atoms with Gasteiger partial charge < -0.3 is 10.1 Å². The molecule has 28 heavy (non-hydrogen) atoms. The Balaban J connectivity index is 1.50. The van der Waals surface area contributed by atoms with Crippen LogP contribution in [0.25, 0.3) is 10.6 Å². The number of carbonyl (C=O) groups excluding carboxylic acids is 2. The number of nitrogens with zero attached hydrogens (tertiary/aromatic N) is 2. The number of nitriles is 1. The van der Waals surface area contributed by atoms with Crippen LogP contribution in [0.4, 0.5) is 5.00 Å². The van der Waals surface area contributed by atoms with Crippen molar-refractivity contribution in [1.82, 2.24) is 4.98 Å². The van der Waals surface area contributed by atoms with Crippen molar-refractivity contribution in [2.75, 3.05) is 11.9 Å². The van der Waals surface area contributed by atoms with Crippen LogP contribution in [0, 0.1) is 11.3 Å². The Morgan fingerprint density at radius 2 is 2.00 bits per heavy atom. The van der Waals surface area contributed by atoms with Crippen molar-refractivity contribution >= 4 is 39.6 Å². The number of anilines is 1. The van der Waals surface area contributed by atoms with Crippen molar-refractivity contribution in [2.45, 2.75) is 19.8 Å². The molecule has 3 rings (SSSR count). The first-order chi connectivity index (χ1) is 13.6. The lowest BCUT2D eigenvalue weighted by Crippen LogP contribution is -2.21. The highest BCUT2D eigenvalue weighted by Crippen LogP contribution is 2.25. The topological polar surface area (TPSA) is 92.1 Å². The van der Waals surface area contributed by atoms with Gasteiger partial charge in [-0.3, -0.25) is 9.59 Å². The van der Waals surface area contributed by atoms with Crippen molar-refractivity contribution in [3.05, 3.63) is 57.9 Å². The van der Waals surface area contributed by atoms with Gasteiger partial charge in [-0.2, -0.15) is 5.26 Å². The lowest BCUT2D eigenvalue weighted by molar-refractivity contribution is -0.146. The molecule has 0 bridgehead atoms. The Labute approximate surface area is 170 Å². The predicted octanol–water partition coefficient (Wildman–Crippen LogP) is 4.03. The van der Waals surface area contributed by atoms with Crippen LogP contribution in [0.3, 0.4) is 0 Å². The van der Waals surface area contributed by atoms with Gasteiger partial charge in [-0.15, -0.1) is 22.7 Å². The Kier molecular flexibility index (Phi) is 6.53. The van der Waals surface area contributed by atoms with Gasteiger partial charge in [0.1, 0.15) is 16.1 Å². The number of ether oxygens (including phenoxy) is 1. The van der Waals surface area contributed by atoms with Crippen molar-refractivity contribution < 1.29 is 14.3 Å². The number of thiophene rings is 1. The molecule has 0 aliphatic heterocycles. The average Bonchev–Trinajstić information content (AvgIpc) is 3.35. The molecule has 3 aromatic rings. The van der Waals surface area contributed by atoms with Gasteiger partial charge in [-0.25, -0.2) is 4.98 Å². The number of thiazole rings is 1. The Hall–Kier alpha value is -3.02. The van der Waals surface area contributed by atoms with E-state index in [1.807, 2.05) is 23.6 Å². The highest BCUT2D eigenvalue weighted by Gasteiger charge is 2.13. The highest BCUT2D eigenvalue weighted by molar-refractivity contribution is 7.14. The van der Waals surface area contributed by atoms with Crippen LogP contribution in [0.1, 0.15) is 23.7 Å². The monoisotopic (exact) mass is 411 g/mol. The summed E-state index contributed by atoms with van der Waals surface area (Å²) in [6.45, 7) is 1.70. The molecule has 6 nitrogen and oxygen atoms in total. The Morgan fingerprint density at radius 3 is 2.71 bits per heavy atom. The summed E-state index contributed by atoms with van der Waals surface area (Å²) < 4.78 is 5.01. The molecule has 1 N–H and O–H groups in total. The molecule has 0 aliphatic rings. The van der Waals surface area contributed by atoms with Gasteiger partial charge in [0.05, 0.1) is 17.7 Å². The minimum Gasteiger partial charge on any atom is -0.455 e. The van der Waals surface area contributed by atoms with E-state index < -0.39 is 18.5 Å². The fourth-order valence-corrected chi connectivity index (χ4v) is 3.99. The van der Waals surface area contributed by atoms with Gasteiger partial charge in [0.25, 0.3) is 5.91 Å². The van der Waals surface area contributed by atoms with E-state index >= 15 is 0 Å². The number of aromatic nitrogens is 1. The van der Waals surface area contributed by atoms with Gasteiger partial charge in [-0.1, -0.05) is 31.2 Å². The van der Waals surface area contributed by atoms with E-state index in [2.05, 4.69) is 29.4 Å². The summed E-state index contributed by atoms with van der Waals surface area (Å²) in [6.07, 6.45) is 0.979. The molecular weight excluding hydrogens is 394 g/mol. The van der Waals surface area contributed by atoms with Gasteiger partial charge >= 0.3 is 5.97 Å². The molecule has 0 radical (unpaired) electrons. The number of hydrogen-bond acceptors (Lipinski definition) is 7. The number of nitrogens with one attached hydrogen (secondary N) is 1. The summed E-state index contributed by atoms with van der Waals surface area (Å²) in [6, 6.07) is 11.8. The van der Waals surface area contributed by atoms with Crippen molar-refractivity contribution in [2.24, 2.45) is 0 Å². The molecule has 0 saturated carbocycles. The van der Waals surface area contributed by atoms with Crippen molar-refractivity contribution in [1.29, 1.82) is 5.26 Å². The molecule has 2 aromatic heterocycles. The van der Waals surface area contributed by atoms with E-state index in [1.54, 1.807) is 11.4 Å². The van der Waals surface area contributed by atoms with Gasteiger partial charge in [0.15, 0.2) is 6.61 Å². The third-order valence-corrected chi connectivity index (χ3v) is 5.66. The van der Waals surface area contributed by atoms with Crippen LogP contribution < -0.4 is 5.32 Å². The molecule has 8 heteroatoms. The molecular formula is C20H17N3O3S2. The molecule has 0 unspecified atom stereocenters. The molecule has 1 amide bonds. The van der Waals surface area contributed by atoms with Crippen molar-refractivity contribution in [3.63, 3.8) is 0 Å². The summed E-state index contributed by atoms with van der Waals surface area (Å²) in [5.74, 6) is -1.01. The number of aryl methyl sites for hydroxylation is 1. The summed E-state index contributed by atoms with van der Waals surface area (Å²) in [7, 11) is 0. The van der Waals surface area contributed by atoms with E-state index in [-0.39, 0.29) is 6.42 Å². The Bertz CT molecular complexity index is 1020. The summed E-state index contributed by atoms with van der Waals surface area (Å²) >= 11 is 2.70. The maximum absolute atomic E-state index is 12.0. The number of hydrogen-bond donors (Lipinski definition) is 1. The molecule has 0 aliphatic carbocycles. The molecule has 0 saturated heterocycles. The number of carbonyl (C=O) groups is 2. The van der Waals surface area contributed by atoms with E-state index in [4.69, 9.17) is 10.00 Å². The second-order valence-corrected chi connectivity index (χ2v) is 7.63. The van der Waals surface area contributed by atoms with E-state index in [1.165, 1.54) is 28.2 Å². The number of amides is 1. The zero-order valence-electron chi connectivity index (χ0n) is 15.1. The van der Waals surface area contributed by atoms with E-state index in [0.717, 1.165) is 17.0 Å². The first-order valence-electron chi connectivity index (χ1n) is 8.55. The first-order valence-corrected chi connectivity index (χ1v) is 10.3. The molecule has 0 fully saturated rings. The summed E-state index contributed by atoms with van der Waals surface area (Å²) in [5.41, 5.74) is 3.25. The normalized spacial score (nSPS) is 10.3. The van der Waals surface area contributed by atoms with Gasteiger partial charge in [0, 0.05) is 10.9 Å². The standard InChI is InChI=1S/C20H17N3O3S2/c1-2-13-3-5-14(6-4-13)19-22-16(12-28-19)9-18(25)26-11-17(24)23-20-15(10-21)7-8-27-20/h3-8,12H,2,9,11H2,1H3,(H,23,24). The lowest BCUT2D eigenvalue weighted by Gasteiger charge is -2.04. The smallest absolute Gasteiger partial charge is 0.312 e. The SMILES string of the molecule is CCc1ccc(-c2nc(CC(=O)OCC(=O)Nc3sccc3C#N)cs2)cc1. The van der Waals surface area contributed by atoms with E-state index in [9.17, 15) is 9.59 Å². The lowest BCUT2D eigenvalue weighted by atomic mass is 10.1. The fraction of sp³-hybridized carbons (Fsp3) is 0.200. The van der Waals surface area contributed by atoms with Crippen LogP contribution in [-0.4, -0.2) is 23.5 Å². The number of esters is 1. The molecule has 0 atom stereocenters. The maximum Gasteiger partial charge on any atom is 0.312 e. The largest absolute Gasteiger partial charge is 0.455 e. The number of rotatable bonds is 7. The second kappa shape index (κ2) is 9.26. The average molecular weight is 412 g/mol. The zero-order valence-corrected chi connectivity index (χ0v) is 16.7. The Morgan fingerprint density at radius 1 is 1.21 bits per heavy atom. The summed E-state index contributed by atoms with van der Waals surface area (Å²) in [5, 5.41) is 16.3. The van der Waals surface area contributed by atoms with Gasteiger partial charge in [-0.05, 0) is 23.4 Å². The highest BCUT2D eigenvalue weighted by atomic mass is 32.1. The van der Waals surface area contributed by atoms with E-state index in [0.29, 0.717) is 16.3 Å². The molecule has 142 valence electrons. The van der Waals surface area contributed by atoms with Crippen LogP contribution in [0.5, 0.6) is 0 Å². The van der Waals surface area contributed by atoms with Crippen LogP contribution in [0.2, 0.25) is 0 Å². The molecule has 0 spiro atoms. The maximum atomic E-state index is 12.0. The fourth-order valence-electron chi connectivity index (χ4n) is 2.41. The molecule has 1 aromatic carbocycles. The minimum absolute atomic E-state index is 0.000723. The third-order valence-electron chi connectivity index (χ3n) is 3.89. The zero-order chi connectivity index (χ0) is 19.9. The van der Waals surface area contributed by atoms with Gasteiger partial charge in [0.2, 0.25) is 0 Å². The van der Waals surface area contributed by atoms with Crippen LogP contribution >= 0.6 is 22.7 Å². The number of benzene rings is 1. The quantitative estimate of drug-likeness (QED) is 0.593. The third kappa shape index (κ3) is 5.03. The van der Waals surface area contributed by atoms with Crippen LogP contribution in [0.15, 0.2) is 41.1 Å². The van der Waals surface area contributed by atoms with Crippen LogP contribution in [-0.2, 0) is 27.2 Å². The minimum atomic E-state index is -0.528.